The van der Waals surface area contributed by atoms with E-state index in [2.05, 4.69) is 17.1 Å². The van der Waals surface area contributed by atoms with Gasteiger partial charge < -0.3 is 4.52 Å². The number of nitrogens with zero attached hydrogens (tertiary/aromatic N) is 3. The molecule has 2 aliphatic heterocycles. The summed E-state index contributed by atoms with van der Waals surface area (Å²) >= 11 is 0. The Balaban J connectivity index is 1.54. The molecule has 0 radical (unpaired) electrons. The first-order valence-corrected chi connectivity index (χ1v) is 9.57. The zero-order valence-electron chi connectivity index (χ0n) is 15.3. The number of rotatable bonds is 3. The van der Waals surface area contributed by atoms with E-state index in [-0.39, 0.29) is 17.7 Å². The Morgan fingerprint density at radius 3 is 2.59 bits per heavy atom. The first-order chi connectivity index (χ1) is 13.2. The molecule has 3 aromatic rings. The summed E-state index contributed by atoms with van der Waals surface area (Å²) in [6.07, 6.45) is 3.36. The number of fused-ring (bicyclic) bond motifs is 2. The molecule has 0 saturated carbocycles. The molecule has 5 heteroatoms. The van der Waals surface area contributed by atoms with Crippen molar-refractivity contribution < 1.29 is 8.91 Å². The highest BCUT2D eigenvalue weighted by Crippen LogP contribution is 2.50. The third-order valence-electron chi connectivity index (χ3n) is 6.33. The van der Waals surface area contributed by atoms with E-state index in [1.165, 1.54) is 6.42 Å². The van der Waals surface area contributed by atoms with Gasteiger partial charge in [-0.1, -0.05) is 47.6 Å². The lowest BCUT2D eigenvalue weighted by Crippen LogP contribution is -2.44. The molecule has 2 aromatic carbocycles. The van der Waals surface area contributed by atoms with Crippen molar-refractivity contribution in [2.24, 2.45) is 0 Å². The van der Waals surface area contributed by atoms with E-state index in [1.54, 1.807) is 12.1 Å². The highest BCUT2D eigenvalue weighted by Gasteiger charge is 2.48. The van der Waals surface area contributed by atoms with Crippen molar-refractivity contribution in [3.8, 4) is 11.4 Å². The zero-order valence-corrected chi connectivity index (χ0v) is 15.3. The van der Waals surface area contributed by atoms with Gasteiger partial charge in [-0.15, -0.1) is 0 Å². The number of hydrogen-bond acceptors (Lipinski definition) is 4. The molecule has 0 unspecified atom stereocenters. The summed E-state index contributed by atoms with van der Waals surface area (Å²) in [6.45, 7) is 0. The highest BCUT2D eigenvalue weighted by molar-refractivity contribution is 5.53. The van der Waals surface area contributed by atoms with Gasteiger partial charge in [-0.3, -0.25) is 4.90 Å². The van der Waals surface area contributed by atoms with Crippen LogP contribution in [0.2, 0.25) is 0 Å². The molecule has 4 atom stereocenters. The number of piperidine rings is 1. The van der Waals surface area contributed by atoms with Crippen molar-refractivity contribution >= 4 is 0 Å². The fraction of sp³-hybridized carbons (Fsp3) is 0.364. The number of benzene rings is 2. The second-order valence-electron chi connectivity index (χ2n) is 7.71. The Kier molecular flexibility index (Phi) is 4.05. The maximum Gasteiger partial charge on any atom is 0.232 e. The lowest BCUT2D eigenvalue weighted by atomic mass is 9.76. The minimum absolute atomic E-state index is 0.129. The van der Waals surface area contributed by atoms with Crippen LogP contribution < -0.4 is 0 Å². The molecule has 2 saturated heterocycles. The molecule has 1 aromatic heterocycles. The van der Waals surface area contributed by atoms with Gasteiger partial charge >= 0.3 is 0 Å². The van der Waals surface area contributed by atoms with Gasteiger partial charge in [-0.25, -0.2) is 4.39 Å². The van der Waals surface area contributed by atoms with Crippen LogP contribution in [0.5, 0.6) is 0 Å². The second kappa shape index (κ2) is 6.57. The van der Waals surface area contributed by atoms with E-state index in [9.17, 15) is 4.39 Å². The molecule has 2 aliphatic rings. The molecule has 27 heavy (non-hydrogen) atoms. The molecule has 0 spiro atoms. The van der Waals surface area contributed by atoms with Crippen LogP contribution in [0.4, 0.5) is 4.39 Å². The van der Waals surface area contributed by atoms with Crippen molar-refractivity contribution in [3.05, 3.63) is 71.9 Å². The summed E-state index contributed by atoms with van der Waals surface area (Å²) in [5.41, 5.74) is 2.12. The van der Waals surface area contributed by atoms with Gasteiger partial charge in [0, 0.05) is 17.6 Å². The van der Waals surface area contributed by atoms with Gasteiger partial charge in [0.2, 0.25) is 11.7 Å². The normalized spacial score (nSPS) is 27.8. The van der Waals surface area contributed by atoms with Crippen LogP contribution in [0.15, 0.2) is 59.1 Å². The third kappa shape index (κ3) is 2.86. The van der Waals surface area contributed by atoms with Crippen molar-refractivity contribution in [1.82, 2.24) is 15.0 Å². The standard InChI is InChI=1S/C22H22FN3O/c1-26-17-11-12-19(26)20(18(13-17)14-7-9-16(23)10-8-14)22-24-21(25-27-22)15-5-3-2-4-6-15/h2-10,17-20H,11-13H2,1H3/t17-,18+,19+,20+/m0/s1. The van der Waals surface area contributed by atoms with Crippen LogP contribution in [0.3, 0.4) is 0 Å². The molecule has 3 heterocycles. The van der Waals surface area contributed by atoms with Crippen molar-refractivity contribution in [2.45, 2.75) is 43.2 Å². The molecular formula is C22H22FN3O. The Hall–Kier alpha value is -2.53. The number of likely N-dealkylation sites (N-methyl/N-ethyl adjacent to an activating group) is 1. The average Bonchev–Trinajstić information content (AvgIpc) is 3.26. The molecule has 4 nitrogen and oxygen atoms in total. The van der Waals surface area contributed by atoms with E-state index in [1.807, 2.05) is 42.5 Å². The van der Waals surface area contributed by atoms with E-state index in [0.717, 1.165) is 24.0 Å². The molecule has 5 rings (SSSR count). The summed E-state index contributed by atoms with van der Waals surface area (Å²) in [6, 6.07) is 17.8. The predicted octanol–water partition coefficient (Wildman–Crippen LogP) is 4.61. The molecule has 0 amide bonds. The quantitative estimate of drug-likeness (QED) is 0.681. The van der Waals surface area contributed by atoms with Crippen LogP contribution in [-0.2, 0) is 0 Å². The summed E-state index contributed by atoms with van der Waals surface area (Å²) in [5, 5.41) is 4.25. The first-order valence-electron chi connectivity index (χ1n) is 9.57. The fourth-order valence-electron chi connectivity index (χ4n) is 4.93. The smallest absolute Gasteiger partial charge is 0.232 e. The molecule has 138 valence electrons. The Bertz CT molecular complexity index is 924. The Morgan fingerprint density at radius 1 is 1.04 bits per heavy atom. The van der Waals surface area contributed by atoms with Crippen molar-refractivity contribution in [1.29, 1.82) is 0 Å². The number of aromatic nitrogens is 2. The van der Waals surface area contributed by atoms with Gasteiger partial charge in [-0.2, -0.15) is 4.98 Å². The van der Waals surface area contributed by atoms with E-state index >= 15 is 0 Å². The largest absolute Gasteiger partial charge is 0.339 e. The lowest BCUT2D eigenvalue weighted by molar-refractivity contribution is 0.120. The highest BCUT2D eigenvalue weighted by atomic mass is 19.1. The minimum Gasteiger partial charge on any atom is -0.339 e. The van der Waals surface area contributed by atoms with E-state index < -0.39 is 0 Å². The topological polar surface area (TPSA) is 42.2 Å². The van der Waals surface area contributed by atoms with Crippen LogP contribution >= 0.6 is 0 Å². The molecule has 0 N–H and O–H groups in total. The Morgan fingerprint density at radius 2 is 1.81 bits per heavy atom. The second-order valence-corrected chi connectivity index (χ2v) is 7.71. The van der Waals surface area contributed by atoms with E-state index in [4.69, 9.17) is 9.51 Å². The van der Waals surface area contributed by atoms with Crippen LogP contribution in [0.25, 0.3) is 11.4 Å². The summed E-state index contributed by atoms with van der Waals surface area (Å²) in [7, 11) is 2.20. The zero-order chi connectivity index (χ0) is 18.4. The van der Waals surface area contributed by atoms with Crippen LogP contribution in [-0.4, -0.2) is 34.2 Å². The first kappa shape index (κ1) is 16.6. The van der Waals surface area contributed by atoms with Crippen molar-refractivity contribution in [3.63, 3.8) is 0 Å². The maximum atomic E-state index is 13.4. The van der Waals surface area contributed by atoms with Crippen LogP contribution in [0, 0.1) is 5.82 Å². The SMILES string of the molecule is CN1[C@H]2CC[C@@H]1[C@H](c1nc(-c3ccccc3)no1)[C@@H](c1ccc(F)cc1)C2. The van der Waals surface area contributed by atoms with Crippen LogP contribution in [0.1, 0.15) is 42.6 Å². The maximum absolute atomic E-state index is 13.4. The monoisotopic (exact) mass is 363 g/mol. The van der Waals surface area contributed by atoms with Gasteiger partial charge in [0.05, 0.1) is 5.92 Å². The minimum atomic E-state index is -0.199. The fourth-order valence-corrected chi connectivity index (χ4v) is 4.93. The number of hydrogen-bond donors (Lipinski definition) is 0. The van der Waals surface area contributed by atoms with Gasteiger partial charge in [-0.05, 0) is 49.9 Å². The van der Waals surface area contributed by atoms with Crippen molar-refractivity contribution in [2.75, 3.05) is 7.05 Å². The molecule has 2 bridgehead atoms. The molecule has 0 aliphatic carbocycles. The van der Waals surface area contributed by atoms with Gasteiger partial charge in [0.1, 0.15) is 5.82 Å². The summed E-state index contributed by atoms with van der Waals surface area (Å²) < 4.78 is 19.2. The molecular weight excluding hydrogens is 341 g/mol. The molecule has 2 fully saturated rings. The summed E-state index contributed by atoms with van der Waals surface area (Å²) in [5.74, 6) is 1.52. The lowest BCUT2D eigenvalue weighted by Gasteiger charge is -2.41. The van der Waals surface area contributed by atoms with Gasteiger partial charge in [0.25, 0.3) is 0 Å². The summed E-state index contributed by atoms with van der Waals surface area (Å²) in [4.78, 5) is 7.24. The van der Waals surface area contributed by atoms with Gasteiger partial charge in [0.15, 0.2) is 0 Å². The number of halogens is 1. The predicted molar refractivity (Wildman–Crippen MR) is 101 cm³/mol. The average molecular weight is 363 g/mol. The van der Waals surface area contributed by atoms with E-state index in [0.29, 0.717) is 23.8 Å². The Labute approximate surface area is 158 Å². The third-order valence-corrected chi connectivity index (χ3v) is 6.33.